The maximum atomic E-state index is 13.3. The number of anilines is 1. The molecule has 1 aliphatic carbocycles. The number of carbonyl (C=O) groups is 1. The fourth-order valence-electron chi connectivity index (χ4n) is 3.67. The highest BCUT2D eigenvalue weighted by atomic mass is 32.2. The van der Waals surface area contributed by atoms with Crippen LogP contribution >= 0.6 is 11.3 Å². The molecular weight excluding hydrogens is 392 g/mol. The van der Waals surface area contributed by atoms with E-state index in [9.17, 15) is 13.2 Å². The number of carbonyl (C=O) groups excluding carboxylic acids is 1. The molecule has 7 heteroatoms. The molecule has 5 nitrogen and oxygen atoms in total. The minimum absolute atomic E-state index is 0.191. The molecule has 1 aromatic heterocycles. The molecule has 1 amide bonds. The van der Waals surface area contributed by atoms with E-state index < -0.39 is 20.5 Å². The van der Waals surface area contributed by atoms with Crippen molar-refractivity contribution in [3.8, 4) is 11.3 Å². The third-order valence-corrected chi connectivity index (χ3v) is 8.46. The Hall–Kier alpha value is -2.51. The van der Waals surface area contributed by atoms with Crippen LogP contribution in [0.5, 0.6) is 0 Å². The molecule has 0 spiro atoms. The summed E-state index contributed by atoms with van der Waals surface area (Å²) in [6.45, 7) is 0. The molecule has 0 radical (unpaired) electrons. The van der Waals surface area contributed by atoms with Gasteiger partial charge in [0.1, 0.15) is 0 Å². The van der Waals surface area contributed by atoms with E-state index >= 15 is 0 Å². The largest absolute Gasteiger partial charge is 0.301 e. The summed E-state index contributed by atoms with van der Waals surface area (Å²) in [5.74, 6) is -0.484. The van der Waals surface area contributed by atoms with Crippen molar-refractivity contribution in [2.24, 2.45) is 0 Å². The Labute approximate surface area is 168 Å². The fourth-order valence-corrected chi connectivity index (χ4v) is 6.48. The third-order valence-electron chi connectivity index (χ3n) is 5.19. The second kappa shape index (κ2) is 7.48. The summed E-state index contributed by atoms with van der Waals surface area (Å²) in [6, 6.07) is 17.9. The second-order valence-electron chi connectivity index (χ2n) is 6.88. The van der Waals surface area contributed by atoms with Gasteiger partial charge in [-0.25, -0.2) is 13.4 Å². The van der Waals surface area contributed by atoms with Crippen molar-refractivity contribution in [1.29, 1.82) is 0 Å². The summed E-state index contributed by atoms with van der Waals surface area (Å²) >= 11 is 1.30. The van der Waals surface area contributed by atoms with Crippen molar-refractivity contribution in [2.45, 2.75) is 35.3 Å². The van der Waals surface area contributed by atoms with Crippen LogP contribution in [0.15, 0.2) is 70.9 Å². The van der Waals surface area contributed by atoms with Crippen molar-refractivity contribution in [1.82, 2.24) is 4.98 Å². The van der Waals surface area contributed by atoms with Crippen molar-refractivity contribution in [2.75, 3.05) is 5.32 Å². The number of amides is 1. The van der Waals surface area contributed by atoms with Gasteiger partial charge < -0.3 is 5.32 Å². The molecule has 4 rings (SSSR count). The molecule has 1 N–H and O–H groups in total. The summed E-state index contributed by atoms with van der Waals surface area (Å²) in [7, 11) is -3.80. The van der Waals surface area contributed by atoms with Crippen molar-refractivity contribution < 1.29 is 13.2 Å². The summed E-state index contributed by atoms with van der Waals surface area (Å²) in [5.41, 5.74) is 1.71. The van der Waals surface area contributed by atoms with Crippen LogP contribution in [0.4, 0.5) is 5.13 Å². The maximum Gasteiger partial charge on any atom is 0.248 e. The van der Waals surface area contributed by atoms with E-state index in [-0.39, 0.29) is 4.90 Å². The lowest BCUT2D eigenvalue weighted by molar-refractivity contribution is -0.118. The number of aromatic nitrogens is 1. The Morgan fingerprint density at radius 1 is 0.964 bits per heavy atom. The first-order valence-corrected chi connectivity index (χ1v) is 11.5. The van der Waals surface area contributed by atoms with Crippen LogP contribution in [0.25, 0.3) is 11.3 Å². The molecule has 28 heavy (non-hydrogen) atoms. The molecule has 0 aliphatic heterocycles. The highest BCUT2D eigenvalue weighted by molar-refractivity contribution is 7.93. The average molecular weight is 413 g/mol. The molecule has 0 bridgehead atoms. The van der Waals surface area contributed by atoms with Crippen LogP contribution in [0.3, 0.4) is 0 Å². The molecule has 1 aliphatic rings. The van der Waals surface area contributed by atoms with Crippen LogP contribution in [0.2, 0.25) is 0 Å². The van der Waals surface area contributed by atoms with Crippen LogP contribution in [-0.2, 0) is 14.6 Å². The zero-order valence-corrected chi connectivity index (χ0v) is 16.8. The minimum Gasteiger partial charge on any atom is -0.301 e. The van der Waals surface area contributed by atoms with Crippen LogP contribution in [0.1, 0.15) is 25.7 Å². The molecule has 3 aromatic rings. The summed E-state index contributed by atoms with van der Waals surface area (Å²) < 4.78 is 25.2. The monoisotopic (exact) mass is 412 g/mol. The van der Waals surface area contributed by atoms with Crippen LogP contribution in [-0.4, -0.2) is 24.1 Å². The Morgan fingerprint density at radius 2 is 1.57 bits per heavy atom. The number of hydrogen-bond acceptors (Lipinski definition) is 5. The number of sulfone groups is 1. The third kappa shape index (κ3) is 3.25. The van der Waals surface area contributed by atoms with Crippen molar-refractivity contribution in [3.63, 3.8) is 0 Å². The van der Waals surface area contributed by atoms with Crippen LogP contribution < -0.4 is 5.32 Å². The smallest absolute Gasteiger partial charge is 0.248 e. The Morgan fingerprint density at radius 3 is 2.21 bits per heavy atom. The Balaban J connectivity index is 1.63. The van der Waals surface area contributed by atoms with Gasteiger partial charge in [-0.15, -0.1) is 11.3 Å². The normalized spacial score (nSPS) is 16.0. The van der Waals surface area contributed by atoms with Gasteiger partial charge in [0.05, 0.1) is 10.6 Å². The van der Waals surface area contributed by atoms with Gasteiger partial charge in [-0.05, 0) is 25.0 Å². The fraction of sp³-hybridized carbons (Fsp3) is 0.238. The summed E-state index contributed by atoms with van der Waals surface area (Å²) in [5, 5.41) is 5.05. The lowest BCUT2D eigenvalue weighted by atomic mass is 10.1. The number of hydrogen-bond donors (Lipinski definition) is 1. The molecular formula is C21H20N2O3S2. The predicted octanol–water partition coefficient (Wildman–Crippen LogP) is 4.54. The van der Waals surface area contributed by atoms with E-state index in [0.717, 1.165) is 11.3 Å². The average Bonchev–Trinajstić information content (AvgIpc) is 3.40. The maximum absolute atomic E-state index is 13.3. The van der Waals surface area contributed by atoms with Gasteiger partial charge in [0, 0.05) is 10.9 Å². The Kier molecular flexibility index (Phi) is 5.03. The van der Waals surface area contributed by atoms with E-state index in [1.165, 1.54) is 11.3 Å². The number of benzene rings is 2. The van der Waals surface area contributed by atoms with E-state index in [2.05, 4.69) is 10.3 Å². The zero-order valence-electron chi connectivity index (χ0n) is 15.2. The SMILES string of the molecule is O=C(Nc1nc(-c2ccccc2)cs1)C1(S(=O)(=O)c2ccccc2)CCCC1. The van der Waals surface area contributed by atoms with E-state index in [1.807, 2.05) is 35.7 Å². The molecule has 144 valence electrons. The first-order valence-electron chi connectivity index (χ1n) is 9.15. The molecule has 0 atom stereocenters. The lowest BCUT2D eigenvalue weighted by Crippen LogP contribution is -2.47. The van der Waals surface area contributed by atoms with E-state index in [1.54, 1.807) is 30.3 Å². The minimum atomic E-state index is -3.80. The first-order chi connectivity index (χ1) is 13.5. The number of rotatable bonds is 5. The first kappa shape index (κ1) is 18.8. The quantitative estimate of drug-likeness (QED) is 0.668. The van der Waals surface area contributed by atoms with Gasteiger partial charge in [-0.1, -0.05) is 61.4 Å². The van der Waals surface area contributed by atoms with Crippen molar-refractivity contribution in [3.05, 3.63) is 66.0 Å². The molecule has 0 saturated heterocycles. The van der Waals surface area contributed by atoms with Gasteiger partial charge in [-0.3, -0.25) is 4.79 Å². The molecule has 0 unspecified atom stereocenters. The van der Waals surface area contributed by atoms with Gasteiger partial charge in [0.15, 0.2) is 19.7 Å². The summed E-state index contributed by atoms with van der Waals surface area (Å²) in [6.07, 6.45) is 2.08. The summed E-state index contributed by atoms with van der Waals surface area (Å²) in [4.78, 5) is 17.8. The van der Waals surface area contributed by atoms with E-state index in [4.69, 9.17) is 0 Å². The zero-order chi connectivity index (χ0) is 19.6. The van der Waals surface area contributed by atoms with Crippen LogP contribution in [0, 0.1) is 0 Å². The van der Waals surface area contributed by atoms with Gasteiger partial charge in [0.2, 0.25) is 5.91 Å². The second-order valence-corrected chi connectivity index (χ2v) is 9.99. The molecule has 1 saturated carbocycles. The van der Waals surface area contributed by atoms with E-state index in [0.29, 0.717) is 30.8 Å². The number of nitrogens with zero attached hydrogens (tertiary/aromatic N) is 1. The molecule has 2 aromatic carbocycles. The highest BCUT2D eigenvalue weighted by Gasteiger charge is 2.53. The van der Waals surface area contributed by atoms with Gasteiger partial charge >= 0.3 is 0 Å². The van der Waals surface area contributed by atoms with Gasteiger partial charge in [-0.2, -0.15) is 0 Å². The standard InChI is InChI=1S/C21H20N2O3S2/c24-19(23-20-22-18(15-27-20)16-9-3-1-4-10-16)21(13-7-8-14-21)28(25,26)17-11-5-2-6-12-17/h1-6,9-12,15H,7-8,13-14H2,(H,22,23,24). The number of nitrogens with one attached hydrogen (secondary N) is 1. The number of thiazole rings is 1. The predicted molar refractivity (Wildman–Crippen MR) is 111 cm³/mol. The lowest BCUT2D eigenvalue weighted by Gasteiger charge is -2.27. The molecule has 1 heterocycles. The molecule has 1 fully saturated rings. The van der Waals surface area contributed by atoms with Gasteiger partial charge in [0.25, 0.3) is 0 Å². The van der Waals surface area contributed by atoms with Crippen molar-refractivity contribution >= 4 is 32.2 Å². The topological polar surface area (TPSA) is 76.1 Å². The highest BCUT2D eigenvalue weighted by Crippen LogP contribution is 2.41. The Bertz CT molecular complexity index is 1070.